The summed E-state index contributed by atoms with van der Waals surface area (Å²) in [5, 5.41) is 2.68. The first kappa shape index (κ1) is 8.84. The molecular formula is C9H14N2O. The summed E-state index contributed by atoms with van der Waals surface area (Å²) in [6.45, 7) is 4.39. The lowest BCUT2D eigenvalue weighted by molar-refractivity contribution is 0.212. The molecule has 3 heteroatoms. The quantitative estimate of drug-likeness (QED) is 0.633. The molecule has 0 aromatic rings. The van der Waals surface area contributed by atoms with Gasteiger partial charge in [-0.3, -0.25) is 0 Å². The summed E-state index contributed by atoms with van der Waals surface area (Å²) in [4.78, 5) is 12.6. The highest BCUT2D eigenvalue weighted by molar-refractivity contribution is 5.76. The maximum Gasteiger partial charge on any atom is 0.321 e. The number of hydrogen-bond donors (Lipinski definition) is 1. The molecule has 0 radical (unpaired) electrons. The van der Waals surface area contributed by atoms with Crippen LogP contribution in [0.5, 0.6) is 0 Å². The predicted molar refractivity (Wildman–Crippen MR) is 48.7 cm³/mol. The van der Waals surface area contributed by atoms with Gasteiger partial charge in [0.05, 0.1) is 0 Å². The van der Waals surface area contributed by atoms with E-state index < -0.39 is 0 Å². The number of likely N-dealkylation sites (N-methyl/N-ethyl adjacent to an activating group) is 1. The molecule has 1 aliphatic rings. The van der Waals surface area contributed by atoms with Gasteiger partial charge in [-0.15, -0.1) is 6.58 Å². The molecule has 0 atom stereocenters. The minimum Gasteiger partial charge on any atom is -0.324 e. The van der Waals surface area contributed by atoms with Crippen molar-refractivity contribution in [3.8, 4) is 0 Å². The third-order valence-corrected chi connectivity index (χ3v) is 1.86. The average Bonchev–Trinajstić information content (AvgIpc) is 2.07. The minimum absolute atomic E-state index is 0.0302. The van der Waals surface area contributed by atoms with Crippen LogP contribution in [0, 0.1) is 0 Å². The highest BCUT2D eigenvalue weighted by Crippen LogP contribution is 2.09. The Labute approximate surface area is 72.7 Å². The lowest BCUT2D eigenvalue weighted by atomic mass is 10.1. The van der Waals surface area contributed by atoms with E-state index in [9.17, 15) is 4.79 Å². The van der Waals surface area contributed by atoms with Crippen molar-refractivity contribution in [3.63, 3.8) is 0 Å². The van der Waals surface area contributed by atoms with Crippen molar-refractivity contribution in [2.24, 2.45) is 0 Å². The Morgan fingerprint density at radius 1 is 1.83 bits per heavy atom. The second-order valence-corrected chi connectivity index (χ2v) is 2.94. The summed E-state index contributed by atoms with van der Waals surface area (Å²) in [5.41, 5.74) is 1.25. The number of rotatable bonds is 3. The molecule has 1 aliphatic heterocycles. The molecule has 1 N–H and O–H groups in total. The van der Waals surface area contributed by atoms with Crippen molar-refractivity contribution in [1.82, 2.24) is 10.2 Å². The van der Waals surface area contributed by atoms with E-state index in [0.29, 0.717) is 0 Å². The van der Waals surface area contributed by atoms with Gasteiger partial charge in [0, 0.05) is 19.8 Å². The van der Waals surface area contributed by atoms with E-state index in [0.717, 1.165) is 19.4 Å². The Hall–Kier alpha value is -1.25. The van der Waals surface area contributed by atoms with Crippen molar-refractivity contribution in [1.29, 1.82) is 0 Å². The van der Waals surface area contributed by atoms with E-state index in [-0.39, 0.29) is 6.03 Å². The lowest BCUT2D eigenvalue weighted by Gasteiger charge is -2.23. The molecule has 1 heterocycles. The van der Waals surface area contributed by atoms with E-state index >= 15 is 0 Å². The zero-order chi connectivity index (χ0) is 8.97. The first-order valence-corrected chi connectivity index (χ1v) is 4.04. The standard InChI is InChI=1S/C9H14N2O/c1-3-4-5-8-6-10-9(12)11(2)7-8/h3,6H,1,4-5,7H2,2H3,(H,10,12). The molecule has 0 spiro atoms. The number of nitrogens with one attached hydrogen (secondary N) is 1. The van der Waals surface area contributed by atoms with E-state index in [1.165, 1.54) is 5.57 Å². The molecule has 0 aliphatic carbocycles. The van der Waals surface area contributed by atoms with Crippen LogP contribution in [0.2, 0.25) is 0 Å². The Bertz CT molecular complexity index is 221. The number of hydrogen-bond acceptors (Lipinski definition) is 1. The van der Waals surface area contributed by atoms with Gasteiger partial charge in [0.15, 0.2) is 0 Å². The number of allylic oxidation sites excluding steroid dienone is 1. The van der Waals surface area contributed by atoms with Gasteiger partial charge in [0.1, 0.15) is 0 Å². The smallest absolute Gasteiger partial charge is 0.321 e. The second-order valence-electron chi connectivity index (χ2n) is 2.94. The zero-order valence-corrected chi connectivity index (χ0v) is 7.34. The first-order valence-electron chi connectivity index (χ1n) is 4.04. The lowest BCUT2D eigenvalue weighted by Crippen LogP contribution is -2.39. The molecule has 0 unspecified atom stereocenters. The van der Waals surface area contributed by atoms with Crippen molar-refractivity contribution >= 4 is 6.03 Å². The highest BCUT2D eigenvalue weighted by atomic mass is 16.2. The summed E-state index contributed by atoms with van der Waals surface area (Å²) in [5.74, 6) is 0. The second kappa shape index (κ2) is 3.95. The fourth-order valence-electron chi connectivity index (χ4n) is 1.13. The van der Waals surface area contributed by atoms with E-state index in [4.69, 9.17) is 0 Å². The molecule has 12 heavy (non-hydrogen) atoms. The van der Waals surface area contributed by atoms with E-state index in [1.807, 2.05) is 6.08 Å². The molecule has 0 saturated heterocycles. The van der Waals surface area contributed by atoms with Crippen LogP contribution in [-0.2, 0) is 0 Å². The van der Waals surface area contributed by atoms with Crippen LogP contribution < -0.4 is 5.32 Å². The number of carbonyl (C=O) groups excluding carboxylic acids is 1. The SMILES string of the molecule is C=CCCC1=CNC(=O)N(C)C1. The molecule has 0 aromatic carbocycles. The van der Waals surface area contributed by atoms with Gasteiger partial charge in [-0.2, -0.15) is 0 Å². The maximum absolute atomic E-state index is 11.0. The van der Waals surface area contributed by atoms with Gasteiger partial charge < -0.3 is 10.2 Å². The molecular weight excluding hydrogens is 152 g/mol. The van der Waals surface area contributed by atoms with Crippen LogP contribution in [0.15, 0.2) is 24.4 Å². The van der Waals surface area contributed by atoms with E-state index in [2.05, 4.69) is 11.9 Å². The van der Waals surface area contributed by atoms with Crippen LogP contribution in [-0.4, -0.2) is 24.5 Å². The fraction of sp³-hybridized carbons (Fsp3) is 0.444. The van der Waals surface area contributed by atoms with Crippen molar-refractivity contribution in [2.45, 2.75) is 12.8 Å². The monoisotopic (exact) mass is 166 g/mol. The normalized spacial score (nSPS) is 16.9. The molecule has 0 aromatic heterocycles. The van der Waals surface area contributed by atoms with Gasteiger partial charge in [-0.05, 0) is 18.4 Å². The van der Waals surface area contributed by atoms with Crippen LogP contribution >= 0.6 is 0 Å². The Kier molecular flexibility index (Phi) is 2.91. The van der Waals surface area contributed by atoms with Crippen LogP contribution in [0.1, 0.15) is 12.8 Å². The molecule has 0 fully saturated rings. The number of urea groups is 1. The molecule has 3 nitrogen and oxygen atoms in total. The predicted octanol–water partition coefficient (Wildman–Crippen LogP) is 1.49. The van der Waals surface area contributed by atoms with Gasteiger partial charge >= 0.3 is 6.03 Å². The molecule has 0 bridgehead atoms. The average molecular weight is 166 g/mol. The summed E-state index contributed by atoms with van der Waals surface area (Å²) in [7, 11) is 1.79. The highest BCUT2D eigenvalue weighted by Gasteiger charge is 2.13. The summed E-state index contributed by atoms with van der Waals surface area (Å²) in [6.07, 6.45) is 5.63. The zero-order valence-electron chi connectivity index (χ0n) is 7.34. The summed E-state index contributed by atoms with van der Waals surface area (Å²) in [6, 6.07) is -0.0302. The van der Waals surface area contributed by atoms with Crippen LogP contribution in [0.4, 0.5) is 4.79 Å². The molecule has 66 valence electrons. The topological polar surface area (TPSA) is 32.3 Å². The number of nitrogens with zero attached hydrogens (tertiary/aromatic N) is 1. The Balaban J connectivity index is 2.46. The molecule has 2 amide bonds. The molecule has 0 saturated carbocycles. The first-order chi connectivity index (χ1) is 5.74. The van der Waals surface area contributed by atoms with Crippen molar-refractivity contribution < 1.29 is 4.79 Å². The van der Waals surface area contributed by atoms with Gasteiger partial charge in [-0.25, -0.2) is 4.79 Å². The van der Waals surface area contributed by atoms with Gasteiger partial charge in [0.2, 0.25) is 0 Å². The maximum atomic E-state index is 11.0. The number of amides is 2. The molecule has 1 rings (SSSR count). The minimum atomic E-state index is -0.0302. The van der Waals surface area contributed by atoms with Crippen molar-refractivity contribution in [2.75, 3.05) is 13.6 Å². The number of carbonyl (C=O) groups is 1. The fourth-order valence-corrected chi connectivity index (χ4v) is 1.13. The summed E-state index contributed by atoms with van der Waals surface area (Å²) < 4.78 is 0. The van der Waals surface area contributed by atoms with Gasteiger partial charge in [0.25, 0.3) is 0 Å². The summed E-state index contributed by atoms with van der Waals surface area (Å²) >= 11 is 0. The van der Waals surface area contributed by atoms with Crippen molar-refractivity contribution in [3.05, 3.63) is 24.4 Å². The third kappa shape index (κ3) is 2.12. The van der Waals surface area contributed by atoms with Crippen LogP contribution in [0.25, 0.3) is 0 Å². The Morgan fingerprint density at radius 3 is 3.17 bits per heavy atom. The third-order valence-electron chi connectivity index (χ3n) is 1.86. The Morgan fingerprint density at radius 2 is 2.58 bits per heavy atom. The largest absolute Gasteiger partial charge is 0.324 e. The van der Waals surface area contributed by atoms with Gasteiger partial charge in [-0.1, -0.05) is 6.08 Å². The van der Waals surface area contributed by atoms with E-state index in [1.54, 1.807) is 18.1 Å². The van der Waals surface area contributed by atoms with Crippen LogP contribution in [0.3, 0.4) is 0 Å².